The number of hydrogen-bond acceptors (Lipinski definition) is 3. The monoisotopic (exact) mass is 293 g/mol. The summed E-state index contributed by atoms with van der Waals surface area (Å²) < 4.78 is 13.4. The van der Waals surface area contributed by atoms with Crippen LogP contribution in [0.4, 0.5) is 10.1 Å². The molecule has 0 aromatic heterocycles. The lowest BCUT2D eigenvalue weighted by molar-refractivity contribution is -0.123. The van der Waals surface area contributed by atoms with Gasteiger partial charge in [-0.05, 0) is 38.1 Å². The molecule has 0 bridgehead atoms. The first kappa shape index (κ1) is 15.4. The Morgan fingerprint density at radius 1 is 1.29 bits per heavy atom. The second-order valence-corrected chi connectivity index (χ2v) is 5.30. The SMILES string of the molecule is NC(=O)C1CCN(CCC(=O)Nc2ccccc2F)CC1. The van der Waals surface area contributed by atoms with Gasteiger partial charge in [0.2, 0.25) is 11.8 Å². The lowest BCUT2D eigenvalue weighted by atomic mass is 9.96. The Balaban J connectivity index is 1.73. The summed E-state index contributed by atoms with van der Waals surface area (Å²) >= 11 is 0. The zero-order valence-corrected chi connectivity index (χ0v) is 11.8. The number of hydrogen-bond donors (Lipinski definition) is 2. The number of halogens is 1. The Labute approximate surface area is 123 Å². The number of amides is 2. The number of piperidine rings is 1. The van der Waals surface area contributed by atoms with E-state index in [4.69, 9.17) is 5.73 Å². The molecule has 21 heavy (non-hydrogen) atoms. The van der Waals surface area contributed by atoms with Crippen LogP contribution in [0.15, 0.2) is 24.3 Å². The summed E-state index contributed by atoms with van der Waals surface area (Å²) in [4.78, 5) is 25.0. The van der Waals surface area contributed by atoms with Crippen LogP contribution >= 0.6 is 0 Å². The number of carbonyl (C=O) groups excluding carboxylic acids is 2. The molecule has 2 rings (SSSR count). The summed E-state index contributed by atoms with van der Waals surface area (Å²) in [6.45, 7) is 2.13. The number of primary amides is 1. The van der Waals surface area contributed by atoms with Crippen molar-refractivity contribution in [3.05, 3.63) is 30.1 Å². The van der Waals surface area contributed by atoms with Gasteiger partial charge >= 0.3 is 0 Å². The van der Waals surface area contributed by atoms with Crippen LogP contribution in [0, 0.1) is 11.7 Å². The third kappa shape index (κ3) is 4.53. The van der Waals surface area contributed by atoms with Gasteiger partial charge in [0.15, 0.2) is 0 Å². The van der Waals surface area contributed by atoms with Crippen molar-refractivity contribution < 1.29 is 14.0 Å². The first-order chi connectivity index (χ1) is 10.1. The quantitative estimate of drug-likeness (QED) is 0.860. The first-order valence-corrected chi connectivity index (χ1v) is 7.12. The average molecular weight is 293 g/mol. The molecule has 1 fully saturated rings. The van der Waals surface area contributed by atoms with Crippen molar-refractivity contribution in [1.29, 1.82) is 0 Å². The van der Waals surface area contributed by atoms with Gasteiger partial charge in [0.25, 0.3) is 0 Å². The van der Waals surface area contributed by atoms with Gasteiger partial charge in [0.05, 0.1) is 5.69 Å². The average Bonchev–Trinajstić information content (AvgIpc) is 2.48. The van der Waals surface area contributed by atoms with Gasteiger partial charge in [-0.15, -0.1) is 0 Å². The maximum atomic E-state index is 13.4. The molecule has 0 radical (unpaired) electrons. The number of para-hydroxylation sites is 1. The van der Waals surface area contributed by atoms with Crippen molar-refractivity contribution >= 4 is 17.5 Å². The largest absolute Gasteiger partial charge is 0.369 e. The molecule has 1 heterocycles. The highest BCUT2D eigenvalue weighted by Crippen LogP contribution is 2.17. The molecule has 0 atom stereocenters. The lowest BCUT2D eigenvalue weighted by Crippen LogP contribution is -2.39. The number of anilines is 1. The molecular formula is C15H20FN3O2. The molecule has 1 aromatic carbocycles. The molecule has 2 amide bonds. The lowest BCUT2D eigenvalue weighted by Gasteiger charge is -2.30. The van der Waals surface area contributed by atoms with E-state index < -0.39 is 5.82 Å². The van der Waals surface area contributed by atoms with E-state index in [1.165, 1.54) is 12.1 Å². The number of nitrogens with one attached hydrogen (secondary N) is 1. The molecule has 0 saturated carbocycles. The first-order valence-electron chi connectivity index (χ1n) is 7.12. The van der Waals surface area contributed by atoms with Crippen LogP contribution in [0.3, 0.4) is 0 Å². The van der Waals surface area contributed by atoms with Crippen LogP contribution in [-0.2, 0) is 9.59 Å². The zero-order chi connectivity index (χ0) is 15.2. The van der Waals surface area contributed by atoms with Crippen LogP contribution in [0.5, 0.6) is 0 Å². The Kier molecular flexibility index (Phi) is 5.27. The predicted octanol–water partition coefficient (Wildman–Crippen LogP) is 1.35. The van der Waals surface area contributed by atoms with Crippen LogP contribution in [0.1, 0.15) is 19.3 Å². The fourth-order valence-corrected chi connectivity index (χ4v) is 2.48. The highest BCUT2D eigenvalue weighted by molar-refractivity contribution is 5.90. The van der Waals surface area contributed by atoms with Gasteiger partial charge in [-0.1, -0.05) is 12.1 Å². The van der Waals surface area contributed by atoms with Crippen LogP contribution in [0.2, 0.25) is 0 Å². The van der Waals surface area contributed by atoms with Crippen molar-refractivity contribution in [2.45, 2.75) is 19.3 Å². The standard InChI is InChI=1S/C15H20FN3O2/c16-12-3-1-2-4-13(12)18-14(20)7-10-19-8-5-11(6-9-19)15(17)21/h1-4,11H,5-10H2,(H2,17,21)(H,18,20). The Morgan fingerprint density at radius 2 is 1.95 bits per heavy atom. The van der Waals surface area contributed by atoms with Crippen LogP contribution in [0.25, 0.3) is 0 Å². The molecule has 1 aliphatic heterocycles. The van der Waals surface area contributed by atoms with Gasteiger partial charge in [0.1, 0.15) is 5.82 Å². The second-order valence-electron chi connectivity index (χ2n) is 5.30. The van der Waals surface area contributed by atoms with Gasteiger partial charge in [-0.2, -0.15) is 0 Å². The summed E-state index contributed by atoms with van der Waals surface area (Å²) in [5, 5.41) is 2.56. The van der Waals surface area contributed by atoms with Gasteiger partial charge in [-0.25, -0.2) is 4.39 Å². The normalized spacial score (nSPS) is 16.6. The van der Waals surface area contributed by atoms with E-state index in [1.54, 1.807) is 12.1 Å². The molecule has 3 N–H and O–H groups in total. The Hall–Kier alpha value is -1.95. The minimum atomic E-state index is -0.437. The predicted molar refractivity (Wildman–Crippen MR) is 78.0 cm³/mol. The van der Waals surface area contributed by atoms with Crippen molar-refractivity contribution in [2.75, 3.05) is 25.0 Å². The van der Waals surface area contributed by atoms with E-state index in [2.05, 4.69) is 10.2 Å². The van der Waals surface area contributed by atoms with Crippen molar-refractivity contribution in [3.63, 3.8) is 0 Å². The molecule has 114 valence electrons. The number of rotatable bonds is 5. The molecule has 1 saturated heterocycles. The van der Waals surface area contributed by atoms with Crippen molar-refractivity contribution in [1.82, 2.24) is 4.90 Å². The third-order valence-corrected chi connectivity index (χ3v) is 3.79. The molecular weight excluding hydrogens is 273 g/mol. The van der Waals surface area contributed by atoms with Crippen LogP contribution < -0.4 is 11.1 Å². The van der Waals surface area contributed by atoms with E-state index in [1.807, 2.05) is 0 Å². The van der Waals surface area contributed by atoms with Crippen molar-refractivity contribution in [2.24, 2.45) is 11.7 Å². The number of benzene rings is 1. The minimum absolute atomic E-state index is 0.0477. The second kappa shape index (κ2) is 7.17. The molecule has 0 aliphatic carbocycles. The number of nitrogens with zero attached hydrogens (tertiary/aromatic N) is 1. The third-order valence-electron chi connectivity index (χ3n) is 3.79. The summed E-state index contributed by atoms with van der Waals surface area (Å²) in [5.41, 5.74) is 5.48. The van der Waals surface area contributed by atoms with Crippen molar-refractivity contribution in [3.8, 4) is 0 Å². The van der Waals surface area contributed by atoms with Gasteiger partial charge in [0, 0.05) is 18.9 Å². The number of carbonyl (C=O) groups is 2. The Morgan fingerprint density at radius 3 is 2.57 bits per heavy atom. The van der Waals surface area contributed by atoms with E-state index in [0.717, 1.165) is 25.9 Å². The maximum Gasteiger partial charge on any atom is 0.225 e. The summed E-state index contributed by atoms with van der Waals surface area (Å²) in [5.74, 6) is -0.939. The fraction of sp³-hybridized carbons (Fsp3) is 0.467. The van der Waals surface area contributed by atoms with Gasteiger partial charge < -0.3 is 16.0 Å². The highest BCUT2D eigenvalue weighted by atomic mass is 19.1. The molecule has 0 spiro atoms. The topological polar surface area (TPSA) is 75.4 Å². The fourth-order valence-electron chi connectivity index (χ4n) is 2.48. The molecule has 0 unspecified atom stereocenters. The Bertz CT molecular complexity index is 513. The van der Waals surface area contributed by atoms with Gasteiger partial charge in [-0.3, -0.25) is 9.59 Å². The molecule has 6 heteroatoms. The molecule has 1 aliphatic rings. The van der Waals surface area contributed by atoms with E-state index in [0.29, 0.717) is 13.0 Å². The smallest absolute Gasteiger partial charge is 0.225 e. The summed E-state index contributed by atoms with van der Waals surface area (Å²) in [7, 11) is 0. The summed E-state index contributed by atoms with van der Waals surface area (Å²) in [6, 6.07) is 6.09. The zero-order valence-electron chi connectivity index (χ0n) is 11.8. The van der Waals surface area contributed by atoms with E-state index >= 15 is 0 Å². The van der Waals surface area contributed by atoms with Crippen LogP contribution in [-0.4, -0.2) is 36.3 Å². The highest BCUT2D eigenvalue weighted by Gasteiger charge is 2.23. The number of likely N-dealkylation sites (tertiary alicyclic amines) is 1. The summed E-state index contributed by atoms with van der Waals surface area (Å²) in [6.07, 6.45) is 1.78. The molecule has 5 nitrogen and oxygen atoms in total. The van der Waals surface area contributed by atoms with E-state index in [-0.39, 0.29) is 23.4 Å². The molecule has 1 aromatic rings. The maximum absolute atomic E-state index is 13.4. The minimum Gasteiger partial charge on any atom is -0.369 e. The van der Waals surface area contributed by atoms with E-state index in [9.17, 15) is 14.0 Å². The number of nitrogens with two attached hydrogens (primary N) is 1.